The summed E-state index contributed by atoms with van der Waals surface area (Å²) in [7, 11) is 0. The summed E-state index contributed by atoms with van der Waals surface area (Å²) in [5.74, 6) is 0. The van der Waals surface area contributed by atoms with E-state index in [1.165, 1.54) is 5.56 Å². The Kier molecular flexibility index (Phi) is 3.73. The van der Waals surface area contributed by atoms with Gasteiger partial charge in [0.1, 0.15) is 0 Å². The van der Waals surface area contributed by atoms with Crippen molar-refractivity contribution in [2.45, 2.75) is 32.9 Å². The summed E-state index contributed by atoms with van der Waals surface area (Å²) < 4.78 is 1.77. The Bertz CT molecular complexity index is 509. The number of halogens is 1. The molecule has 96 valence electrons. The van der Waals surface area contributed by atoms with Crippen LogP contribution < -0.4 is 5.32 Å². The van der Waals surface area contributed by atoms with Gasteiger partial charge in [-0.25, -0.2) is 4.68 Å². The zero-order chi connectivity index (χ0) is 13.2. The lowest BCUT2D eigenvalue weighted by molar-refractivity contribution is 0.424. The summed E-state index contributed by atoms with van der Waals surface area (Å²) in [5.41, 5.74) is 2.40. The van der Waals surface area contributed by atoms with E-state index in [9.17, 15) is 0 Å². The smallest absolute Gasteiger partial charge is 0.0790 e. The monoisotopic (exact) mass is 263 g/mol. The Morgan fingerprint density at radius 2 is 1.89 bits per heavy atom. The molecule has 0 spiro atoms. The molecule has 1 N–H and O–H groups in total. The number of nitrogens with zero attached hydrogens (tertiary/aromatic N) is 2. The van der Waals surface area contributed by atoms with Gasteiger partial charge in [-0.15, -0.1) is 0 Å². The highest BCUT2D eigenvalue weighted by Gasteiger charge is 2.08. The second-order valence-electron chi connectivity index (χ2n) is 5.37. The van der Waals surface area contributed by atoms with Crippen LogP contribution in [0.15, 0.2) is 36.7 Å². The van der Waals surface area contributed by atoms with Gasteiger partial charge in [-0.2, -0.15) is 5.10 Å². The van der Waals surface area contributed by atoms with Crippen molar-refractivity contribution >= 4 is 11.6 Å². The number of hydrogen-bond donors (Lipinski definition) is 1. The van der Waals surface area contributed by atoms with E-state index in [-0.39, 0.29) is 5.54 Å². The summed E-state index contributed by atoms with van der Waals surface area (Å²) in [6.45, 7) is 7.34. The lowest BCUT2D eigenvalue weighted by atomic mass is 10.1. The van der Waals surface area contributed by atoms with Gasteiger partial charge in [-0.3, -0.25) is 0 Å². The molecule has 0 aliphatic carbocycles. The summed E-state index contributed by atoms with van der Waals surface area (Å²) in [6.07, 6.45) is 3.43. The molecule has 0 amide bonds. The standard InChI is InChI=1S/C14H18ClN3/c1-14(2,3)16-8-11-4-6-13(7-5-11)18-10-12(15)9-17-18/h4-7,9-10,16H,8H2,1-3H3. The molecule has 0 saturated heterocycles. The average molecular weight is 264 g/mol. The topological polar surface area (TPSA) is 29.9 Å². The zero-order valence-electron chi connectivity index (χ0n) is 10.9. The molecule has 2 aromatic rings. The van der Waals surface area contributed by atoms with Crippen molar-refractivity contribution in [2.24, 2.45) is 0 Å². The van der Waals surface area contributed by atoms with Gasteiger partial charge in [0.2, 0.25) is 0 Å². The molecule has 4 heteroatoms. The van der Waals surface area contributed by atoms with Crippen LogP contribution in [0.5, 0.6) is 0 Å². The van der Waals surface area contributed by atoms with Crippen molar-refractivity contribution in [3.05, 3.63) is 47.2 Å². The Labute approximate surface area is 113 Å². The van der Waals surface area contributed by atoms with Crippen molar-refractivity contribution in [1.82, 2.24) is 15.1 Å². The van der Waals surface area contributed by atoms with Crippen LogP contribution in [-0.2, 0) is 6.54 Å². The highest BCUT2D eigenvalue weighted by atomic mass is 35.5. The van der Waals surface area contributed by atoms with Crippen molar-refractivity contribution in [2.75, 3.05) is 0 Å². The van der Waals surface area contributed by atoms with E-state index < -0.39 is 0 Å². The predicted molar refractivity (Wildman–Crippen MR) is 75.2 cm³/mol. The summed E-state index contributed by atoms with van der Waals surface area (Å²) in [6, 6.07) is 8.29. The van der Waals surface area contributed by atoms with Crippen molar-refractivity contribution in [3.63, 3.8) is 0 Å². The molecule has 0 unspecified atom stereocenters. The van der Waals surface area contributed by atoms with Gasteiger partial charge in [0, 0.05) is 18.3 Å². The van der Waals surface area contributed by atoms with Crippen LogP contribution in [0, 0.1) is 0 Å². The third kappa shape index (κ3) is 3.59. The lowest BCUT2D eigenvalue weighted by Crippen LogP contribution is -2.35. The Morgan fingerprint density at radius 1 is 1.22 bits per heavy atom. The minimum Gasteiger partial charge on any atom is -0.308 e. The van der Waals surface area contributed by atoms with Gasteiger partial charge in [0.25, 0.3) is 0 Å². The first-order valence-corrected chi connectivity index (χ1v) is 6.36. The third-order valence-electron chi connectivity index (χ3n) is 2.57. The molecule has 0 aliphatic rings. The maximum atomic E-state index is 5.85. The molecule has 0 atom stereocenters. The van der Waals surface area contributed by atoms with Gasteiger partial charge in [0.15, 0.2) is 0 Å². The lowest BCUT2D eigenvalue weighted by Gasteiger charge is -2.20. The minimum atomic E-state index is 0.133. The molecular formula is C14H18ClN3. The van der Waals surface area contributed by atoms with E-state index in [1.807, 2.05) is 12.1 Å². The fraction of sp³-hybridized carbons (Fsp3) is 0.357. The number of aromatic nitrogens is 2. The fourth-order valence-electron chi connectivity index (χ4n) is 1.58. The summed E-state index contributed by atoms with van der Waals surface area (Å²) >= 11 is 5.85. The van der Waals surface area contributed by atoms with Gasteiger partial charge in [-0.05, 0) is 38.5 Å². The minimum absolute atomic E-state index is 0.133. The van der Waals surface area contributed by atoms with Crippen LogP contribution in [0.3, 0.4) is 0 Å². The Morgan fingerprint density at radius 3 is 2.39 bits per heavy atom. The number of rotatable bonds is 3. The quantitative estimate of drug-likeness (QED) is 0.920. The number of benzene rings is 1. The highest BCUT2D eigenvalue weighted by molar-refractivity contribution is 6.30. The van der Waals surface area contributed by atoms with Crippen molar-refractivity contribution in [1.29, 1.82) is 0 Å². The fourth-order valence-corrected chi connectivity index (χ4v) is 1.71. The molecule has 3 nitrogen and oxygen atoms in total. The van der Waals surface area contributed by atoms with Crippen LogP contribution in [0.1, 0.15) is 26.3 Å². The first-order chi connectivity index (χ1) is 8.44. The van der Waals surface area contributed by atoms with E-state index in [0.29, 0.717) is 5.02 Å². The SMILES string of the molecule is CC(C)(C)NCc1ccc(-n2cc(Cl)cn2)cc1. The summed E-state index contributed by atoms with van der Waals surface area (Å²) in [4.78, 5) is 0. The second kappa shape index (κ2) is 5.12. The van der Waals surface area contributed by atoms with Crippen molar-refractivity contribution in [3.8, 4) is 5.69 Å². The van der Waals surface area contributed by atoms with Gasteiger partial charge >= 0.3 is 0 Å². The molecule has 2 rings (SSSR count). The third-order valence-corrected chi connectivity index (χ3v) is 2.77. The van der Waals surface area contributed by atoms with Gasteiger partial charge in [-0.1, -0.05) is 23.7 Å². The van der Waals surface area contributed by atoms with Crippen LogP contribution in [0.25, 0.3) is 5.69 Å². The van der Waals surface area contributed by atoms with Crippen LogP contribution >= 0.6 is 11.6 Å². The van der Waals surface area contributed by atoms with Crippen LogP contribution in [0.2, 0.25) is 5.02 Å². The number of hydrogen-bond acceptors (Lipinski definition) is 2. The van der Waals surface area contributed by atoms with E-state index in [2.05, 4.69) is 43.3 Å². The molecule has 18 heavy (non-hydrogen) atoms. The van der Waals surface area contributed by atoms with Crippen LogP contribution in [-0.4, -0.2) is 15.3 Å². The first-order valence-electron chi connectivity index (χ1n) is 5.98. The molecule has 1 aromatic heterocycles. The molecule has 1 heterocycles. The number of nitrogens with one attached hydrogen (secondary N) is 1. The molecule has 0 bridgehead atoms. The van der Waals surface area contributed by atoms with Crippen LogP contribution in [0.4, 0.5) is 0 Å². The second-order valence-corrected chi connectivity index (χ2v) is 5.81. The van der Waals surface area contributed by atoms with Gasteiger partial charge in [0.05, 0.1) is 16.9 Å². The average Bonchev–Trinajstić information content (AvgIpc) is 2.73. The molecule has 0 radical (unpaired) electrons. The van der Waals surface area contributed by atoms with E-state index in [1.54, 1.807) is 17.1 Å². The molecular weight excluding hydrogens is 246 g/mol. The molecule has 0 fully saturated rings. The zero-order valence-corrected chi connectivity index (χ0v) is 11.7. The molecule has 1 aromatic carbocycles. The summed E-state index contributed by atoms with van der Waals surface area (Å²) in [5, 5.41) is 8.27. The van der Waals surface area contributed by atoms with E-state index in [4.69, 9.17) is 11.6 Å². The normalized spacial score (nSPS) is 11.8. The van der Waals surface area contributed by atoms with E-state index >= 15 is 0 Å². The first kappa shape index (κ1) is 13.1. The van der Waals surface area contributed by atoms with E-state index in [0.717, 1.165) is 12.2 Å². The maximum absolute atomic E-state index is 5.85. The van der Waals surface area contributed by atoms with Gasteiger partial charge < -0.3 is 5.32 Å². The van der Waals surface area contributed by atoms with Crippen molar-refractivity contribution < 1.29 is 0 Å². The molecule has 0 aliphatic heterocycles. The Balaban J connectivity index is 2.06. The predicted octanol–water partition coefficient (Wildman–Crippen LogP) is 3.41. The largest absolute Gasteiger partial charge is 0.308 e. The Hall–Kier alpha value is -1.32. The maximum Gasteiger partial charge on any atom is 0.0790 e. The highest BCUT2D eigenvalue weighted by Crippen LogP contribution is 2.13. The molecule has 0 saturated carbocycles.